The third kappa shape index (κ3) is 5.75. The normalized spacial score (nSPS) is 21.0. The molecule has 0 unspecified atom stereocenters. The van der Waals surface area contributed by atoms with E-state index in [-0.39, 0.29) is 51.1 Å². The summed E-state index contributed by atoms with van der Waals surface area (Å²) in [5, 5.41) is 0. The van der Waals surface area contributed by atoms with Gasteiger partial charge in [0.15, 0.2) is 10.8 Å². The summed E-state index contributed by atoms with van der Waals surface area (Å²) in [4.78, 5) is 54.8. The first-order valence-electron chi connectivity index (χ1n) is 13.2. The standard InChI is InChI=1S/C26H46O8Si/c1-9-31-21(27)25(22(28)32-10-2)16-19(8)20(18-35(13-5,14-6)15-7)17-26(25,23(29)33-11-3)24(30)34-12-4/h19-20H,9-18H2,1-8H3/t19-,20-/m1/s1. The Labute approximate surface area is 211 Å². The molecule has 0 heterocycles. The van der Waals surface area contributed by atoms with Gasteiger partial charge in [-0.1, -0.05) is 51.9 Å². The van der Waals surface area contributed by atoms with Crippen molar-refractivity contribution in [3.8, 4) is 0 Å². The maximum atomic E-state index is 13.8. The molecule has 0 amide bonds. The highest BCUT2D eigenvalue weighted by molar-refractivity contribution is 6.79. The van der Waals surface area contributed by atoms with E-state index >= 15 is 0 Å². The zero-order valence-electron chi connectivity index (χ0n) is 23.0. The molecular weight excluding hydrogens is 468 g/mol. The van der Waals surface area contributed by atoms with E-state index in [1.165, 1.54) is 0 Å². The first kappa shape index (κ1) is 31.1. The van der Waals surface area contributed by atoms with Gasteiger partial charge in [0.2, 0.25) is 0 Å². The molecule has 9 heteroatoms. The highest BCUT2D eigenvalue weighted by Crippen LogP contribution is 2.59. The van der Waals surface area contributed by atoms with Gasteiger partial charge < -0.3 is 18.9 Å². The van der Waals surface area contributed by atoms with Crippen molar-refractivity contribution in [3.05, 3.63) is 0 Å². The van der Waals surface area contributed by atoms with Crippen molar-refractivity contribution >= 4 is 32.0 Å². The van der Waals surface area contributed by atoms with Crippen LogP contribution in [0.3, 0.4) is 0 Å². The number of hydrogen-bond acceptors (Lipinski definition) is 8. The topological polar surface area (TPSA) is 105 Å². The summed E-state index contributed by atoms with van der Waals surface area (Å²) in [6.45, 7) is 15.0. The Kier molecular flexibility index (Phi) is 11.9. The second kappa shape index (κ2) is 13.4. The van der Waals surface area contributed by atoms with E-state index in [1.54, 1.807) is 27.7 Å². The highest BCUT2D eigenvalue weighted by atomic mass is 28.3. The Bertz CT molecular complexity index is 701. The van der Waals surface area contributed by atoms with Gasteiger partial charge in [0.25, 0.3) is 0 Å². The predicted octanol–water partition coefficient (Wildman–Crippen LogP) is 4.77. The number of esters is 4. The van der Waals surface area contributed by atoms with Gasteiger partial charge in [0.1, 0.15) is 0 Å². The van der Waals surface area contributed by atoms with Gasteiger partial charge in [-0.25, -0.2) is 0 Å². The number of hydrogen-bond donors (Lipinski definition) is 0. The van der Waals surface area contributed by atoms with E-state index in [4.69, 9.17) is 18.9 Å². The summed E-state index contributed by atoms with van der Waals surface area (Å²) in [6.07, 6.45) is -0.0627. The summed E-state index contributed by atoms with van der Waals surface area (Å²) in [5.41, 5.74) is -4.35. The number of ether oxygens (including phenoxy) is 4. The van der Waals surface area contributed by atoms with Crippen molar-refractivity contribution in [3.63, 3.8) is 0 Å². The van der Waals surface area contributed by atoms with Gasteiger partial charge in [-0.05, 0) is 52.4 Å². The van der Waals surface area contributed by atoms with Gasteiger partial charge in [-0.15, -0.1) is 0 Å². The second-order valence-corrected chi connectivity index (χ2v) is 15.1. The molecule has 1 rings (SSSR count). The molecule has 0 N–H and O–H groups in total. The first-order chi connectivity index (χ1) is 16.6. The summed E-state index contributed by atoms with van der Waals surface area (Å²) in [5.74, 6) is -3.91. The smallest absolute Gasteiger partial charge is 0.325 e. The lowest BCUT2D eigenvalue weighted by molar-refractivity contribution is -0.213. The Balaban J connectivity index is 3.95. The van der Waals surface area contributed by atoms with Crippen LogP contribution in [-0.4, -0.2) is 58.4 Å². The molecule has 1 saturated carbocycles. The molecule has 1 aliphatic rings. The van der Waals surface area contributed by atoms with Crippen LogP contribution in [0.4, 0.5) is 0 Å². The largest absolute Gasteiger partial charge is 0.465 e. The summed E-state index contributed by atoms with van der Waals surface area (Å²) in [7, 11) is -1.68. The maximum absolute atomic E-state index is 13.8. The van der Waals surface area contributed by atoms with E-state index in [0.29, 0.717) is 0 Å². The summed E-state index contributed by atoms with van der Waals surface area (Å²) >= 11 is 0. The van der Waals surface area contributed by atoms with E-state index in [9.17, 15) is 19.2 Å². The molecule has 1 fully saturated rings. The fraction of sp³-hybridized carbons (Fsp3) is 0.846. The fourth-order valence-electron chi connectivity index (χ4n) is 5.82. The third-order valence-corrected chi connectivity index (χ3v) is 14.1. The van der Waals surface area contributed by atoms with E-state index in [1.807, 2.05) is 6.92 Å². The van der Waals surface area contributed by atoms with Crippen LogP contribution < -0.4 is 0 Å². The van der Waals surface area contributed by atoms with Crippen LogP contribution in [0, 0.1) is 22.7 Å². The summed E-state index contributed by atoms with van der Waals surface area (Å²) in [6, 6.07) is 4.13. The van der Waals surface area contributed by atoms with E-state index < -0.39 is 42.8 Å². The minimum absolute atomic E-state index is 0.0144. The van der Waals surface area contributed by atoms with Crippen LogP contribution in [0.5, 0.6) is 0 Å². The lowest BCUT2D eigenvalue weighted by atomic mass is 9.51. The zero-order chi connectivity index (χ0) is 26.9. The molecule has 0 bridgehead atoms. The van der Waals surface area contributed by atoms with Crippen LogP contribution in [0.2, 0.25) is 24.2 Å². The minimum Gasteiger partial charge on any atom is -0.465 e. The summed E-state index contributed by atoms with van der Waals surface area (Å²) < 4.78 is 21.6. The quantitative estimate of drug-likeness (QED) is 0.150. The molecule has 0 spiro atoms. The van der Waals surface area contributed by atoms with Crippen molar-refractivity contribution in [2.75, 3.05) is 26.4 Å². The van der Waals surface area contributed by atoms with Crippen molar-refractivity contribution in [1.29, 1.82) is 0 Å². The van der Waals surface area contributed by atoms with Crippen LogP contribution in [-0.2, 0) is 38.1 Å². The molecule has 0 aromatic rings. The molecule has 0 saturated heterocycles. The molecule has 8 nitrogen and oxygen atoms in total. The lowest BCUT2D eigenvalue weighted by Crippen LogP contribution is -2.66. The molecule has 202 valence electrons. The Morgan fingerprint density at radius 1 is 0.629 bits per heavy atom. The Morgan fingerprint density at radius 3 is 1.23 bits per heavy atom. The van der Waals surface area contributed by atoms with Crippen LogP contribution >= 0.6 is 0 Å². The Hall–Kier alpha value is -1.90. The molecule has 0 aromatic carbocycles. The number of carbonyl (C=O) groups excluding carboxylic acids is 4. The number of rotatable bonds is 13. The van der Waals surface area contributed by atoms with Crippen molar-refractivity contribution in [1.82, 2.24) is 0 Å². The van der Waals surface area contributed by atoms with Crippen molar-refractivity contribution < 1.29 is 38.1 Å². The van der Waals surface area contributed by atoms with Crippen LogP contribution in [0.15, 0.2) is 0 Å². The van der Waals surface area contributed by atoms with Gasteiger partial charge in [-0.3, -0.25) is 19.2 Å². The molecule has 0 aromatic heterocycles. The van der Waals surface area contributed by atoms with Gasteiger partial charge in [0, 0.05) is 0 Å². The lowest BCUT2D eigenvalue weighted by Gasteiger charge is -2.51. The monoisotopic (exact) mass is 514 g/mol. The Morgan fingerprint density at radius 2 is 0.943 bits per heavy atom. The average Bonchev–Trinajstić information content (AvgIpc) is 2.83. The third-order valence-electron chi connectivity index (χ3n) is 8.17. The molecule has 2 atom stereocenters. The van der Waals surface area contributed by atoms with E-state index in [2.05, 4.69) is 20.8 Å². The van der Waals surface area contributed by atoms with Gasteiger partial charge in [0.05, 0.1) is 34.5 Å². The number of carbonyl (C=O) groups is 4. The molecule has 0 radical (unpaired) electrons. The second-order valence-electron chi connectivity index (χ2n) is 9.60. The predicted molar refractivity (Wildman–Crippen MR) is 135 cm³/mol. The molecule has 1 aliphatic carbocycles. The fourth-order valence-corrected chi connectivity index (χ4v) is 9.84. The average molecular weight is 515 g/mol. The first-order valence-corrected chi connectivity index (χ1v) is 16.1. The van der Waals surface area contributed by atoms with Crippen LogP contribution in [0.25, 0.3) is 0 Å². The maximum Gasteiger partial charge on any atom is 0.325 e. The van der Waals surface area contributed by atoms with E-state index in [0.717, 1.165) is 24.2 Å². The SMILES string of the molecule is CCOC(=O)C1(C(=O)OCC)C[C@H](C[Si](CC)(CC)CC)[C@H](C)CC1(C(=O)OCC)C(=O)OCC. The van der Waals surface area contributed by atoms with Crippen LogP contribution in [0.1, 0.15) is 68.2 Å². The van der Waals surface area contributed by atoms with Gasteiger partial charge in [-0.2, -0.15) is 0 Å². The minimum atomic E-state index is -2.18. The van der Waals surface area contributed by atoms with Crippen molar-refractivity contribution in [2.45, 2.75) is 92.4 Å². The molecule has 35 heavy (non-hydrogen) atoms. The zero-order valence-corrected chi connectivity index (χ0v) is 24.0. The highest BCUT2D eigenvalue weighted by Gasteiger charge is 2.75. The molecule has 0 aliphatic heterocycles. The van der Waals surface area contributed by atoms with Crippen molar-refractivity contribution in [2.24, 2.45) is 22.7 Å². The molecular formula is C26H46O8Si. The van der Waals surface area contributed by atoms with Gasteiger partial charge >= 0.3 is 23.9 Å².